The van der Waals surface area contributed by atoms with Crippen LogP contribution < -0.4 is 10.1 Å². The average molecular weight is 510 g/mol. The lowest BCUT2D eigenvalue weighted by molar-refractivity contribution is 0.0686. The maximum atomic E-state index is 11.7. The Kier molecular flexibility index (Phi) is 10.4. The normalized spacial score (nSPS) is 15.5. The molecular weight excluding hydrogens is 474 g/mol. The molecule has 2 atom stereocenters. The van der Waals surface area contributed by atoms with Gasteiger partial charge in [-0.05, 0) is 73.4 Å². The molecule has 1 aliphatic carbocycles. The molecule has 1 saturated carbocycles. The summed E-state index contributed by atoms with van der Waals surface area (Å²) in [5.41, 5.74) is 4.30. The molecule has 1 aliphatic rings. The lowest BCUT2D eigenvalue weighted by Gasteiger charge is -2.24. The van der Waals surface area contributed by atoms with Crippen molar-refractivity contribution in [3.63, 3.8) is 0 Å². The van der Waals surface area contributed by atoms with Gasteiger partial charge in [0, 0.05) is 12.6 Å². The van der Waals surface area contributed by atoms with Gasteiger partial charge in [0.25, 0.3) is 0 Å². The van der Waals surface area contributed by atoms with Crippen LogP contribution in [0.1, 0.15) is 66.6 Å². The van der Waals surface area contributed by atoms with E-state index in [1.807, 2.05) is 42.5 Å². The zero-order valence-corrected chi connectivity index (χ0v) is 21.5. The van der Waals surface area contributed by atoms with Crippen LogP contribution in [0.5, 0.6) is 5.75 Å². The largest absolute Gasteiger partial charge is 0.490 e. The van der Waals surface area contributed by atoms with Gasteiger partial charge in [-0.1, -0.05) is 67.1 Å². The van der Waals surface area contributed by atoms with E-state index in [2.05, 4.69) is 36.5 Å². The van der Waals surface area contributed by atoms with E-state index < -0.39 is 12.1 Å². The van der Waals surface area contributed by atoms with E-state index >= 15 is 0 Å². The van der Waals surface area contributed by atoms with E-state index in [-0.39, 0.29) is 30.1 Å². The molecule has 3 aromatic carbocycles. The van der Waals surface area contributed by atoms with Crippen LogP contribution in [-0.4, -0.2) is 34.9 Å². The molecule has 192 valence electrons. The van der Waals surface area contributed by atoms with Crippen LogP contribution in [0.3, 0.4) is 0 Å². The van der Waals surface area contributed by atoms with Crippen molar-refractivity contribution < 1.29 is 19.7 Å². The number of halogens is 1. The van der Waals surface area contributed by atoms with E-state index in [4.69, 9.17) is 4.74 Å². The molecule has 0 spiro atoms. The fourth-order valence-electron chi connectivity index (χ4n) is 4.70. The Balaban J connectivity index is 0.00000361. The van der Waals surface area contributed by atoms with Gasteiger partial charge >= 0.3 is 5.97 Å². The third-order valence-electron chi connectivity index (χ3n) is 6.73. The minimum atomic E-state index is -0.962. The Bertz CT molecular complexity index is 1100. The molecule has 4 rings (SSSR count). The molecule has 1 fully saturated rings. The summed E-state index contributed by atoms with van der Waals surface area (Å²) < 4.78 is 6.15. The molecule has 0 heterocycles. The number of aromatic carboxylic acids is 1. The van der Waals surface area contributed by atoms with Crippen LogP contribution in [0.2, 0.25) is 0 Å². The lowest BCUT2D eigenvalue weighted by atomic mass is 9.97. The standard InChI is InChI=1S/C30H35NO4.ClH/c1-21(31-20-28(32)24-8-4-2-5-9-24)18-22-12-14-23(15-13-22)25-16-17-27(30(33)34)29(19-25)35-26-10-6-3-7-11-26;/h2,4-5,8-9,12-17,19,21,26,28,31-32H,3,6-7,10-11,18,20H2,1H3,(H,33,34);1H/t21-,28+;/m1./s1. The predicted octanol–water partition coefficient (Wildman–Crippen LogP) is 6.44. The molecule has 0 bridgehead atoms. The number of rotatable bonds is 10. The number of ether oxygens (including phenoxy) is 1. The molecule has 5 nitrogen and oxygen atoms in total. The van der Waals surface area contributed by atoms with Crippen molar-refractivity contribution in [3.05, 3.63) is 89.5 Å². The zero-order valence-electron chi connectivity index (χ0n) is 20.7. The van der Waals surface area contributed by atoms with Crippen molar-refractivity contribution in [2.75, 3.05) is 6.54 Å². The van der Waals surface area contributed by atoms with Gasteiger partial charge in [0.15, 0.2) is 0 Å². The molecular formula is C30H36ClNO4. The van der Waals surface area contributed by atoms with E-state index in [0.29, 0.717) is 12.3 Å². The van der Waals surface area contributed by atoms with Crippen molar-refractivity contribution >= 4 is 18.4 Å². The topological polar surface area (TPSA) is 78.8 Å². The van der Waals surface area contributed by atoms with E-state index in [1.165, 1.54) is 12.0 Å². The van der Waals surface area contributed by atoms with Crippen LogP contribution in [0.4, 0.5) is 0 Å². The molecule has 6 heteroatoms. The number of carboxylic acids is 1. The smallest absolute Gasteiger partial charge is 0.339 e. The van der Waals surface area contributed by atoms with Crippen molar-refractivity contribution in [3.8, 4) is 16.9 Å². The SMILES string of the molecule is C[C@H](Cc1ccc(-c2ccc(C(=O)O)c(OC3CCCCC3)c2)cc1)NC[C@H](O)c1ccccc1.Cl. The average Bonchev–Trinajstić information content (AvgIpc) is 2.88. The molecule has 0 aromatic heterocycles. The number of hydrogen-bond acceptors (Lipinski definition) is 4. The zero-order chi connectivity index (χ0) is 24.6. The number of nitrogens with one attached hydrogen (secondary N) is 1. The predicted molar refractivity (Wildman–Crippen MR) is 146 cm³/mol. The summed E-state index contributed by atoms with van der Waals surface area (Å²) in [6.07, 6.45) is 5.85. The highest BCUT2D eigenvalue weighted by molar-refractivity contribution is 5.92. The summed E-state index contributed by atoms with van der Waals surface area (Å²) in [6, 6.07) is 23.6. The summed E-state index contributed by atoms with van der Waals surface area (Å²) in [5.74, 6) is -0.502. The van der Waals surface area contributed by atoms with Crippen LogP contribution in [-0.2, 0) is 6.42 Å². The first-order chi connectivity index (χ1) is 17.0. The van der Waals surface area contributed by atoms with Gasteiger partial charge in [-0.25, -0.2) is 4.79 Å². The highest BCUT2D eigenvalue weighted by Crippen LogP contribution is 2.31. The first kappa shape index (κ1) is 27.7. The minimum absolute atomic E-state index is 0. The molecule has 0 amide bonds. The van der Waals surface area contributed by atoms with Gasteiger partial charge in [-0.2, -0.15) is 0 Å². The summed E-state index contributed by atoms with van der Waals surface area (Å²) >= 11 is 0. The van der Waals surface area contributed by atoms with Crippen molar-refractivity contribution in [1.29, 1.82) is 0 Å². The highest BCUT2D eigenvalue weighted by Gasteiger charge is 2.19. The van der Waals surface area contributed by atoms with E-state index in [0.717, 1.165) is 48.8 Å². The second kappa shape index (κ2) is 13.4. The monoisotopic (exact) mass is 509 g/mol. The first-order valence-corrected chi connectivity index (χ1v) is 12.6. The van der Waals surface area contributed by atoms with Crippen LogP contribution in [0, 0.1) is 0 Å². The molecule has 3 aromatic rings. The second-order valence-electron chi connectivity index (χ2n) is 9.53. The fraction of sp³-hybridized carbons (Fsp3) is 0.367. The summed E-state index contributed by atoms with van der Waals surface area (Å²) in [5, 5.41) is 23.4. The molecule has 3 N–H and O–H groups in total. The fourth-order valence-corrected chi connectivity index (χ4v) is 4.70. The van der Waals surface area contributed by atoms with E-state index in [9.17, 15) is 15.0 Å². The molecule has 0 radical (unpaired) electrons. The van der Waals surface area contributed by atoms with Crippen LogP contribution >= 0.6 is 12.4 Å². The Morgan fingerprint density at radius 3 is 2.31 bits per heavy atom. The van der Waals surface area contributed by atoms with Gasteiger partial charge in [0.05, 0.1) is 12.2 Å². The van der Waals surface area contributed by atoms with Gasteiger partial charge in [-0.15, -0.1) is 12.4 Å². The van der Waals surface area contributed by atoms with Crippen molar-refractivity contribution in [2.24, 2.45) is 0 Å². The quantitative estimate of drug-likeness (QED) is 0.293. The maximum absolute atomic E-state index is 11.7. The van der Waals surface area contributed by atoms with Gasteiger partial charge in [-0.3, -0.25) is 0 Å². The molecule has 0 aliphatic heterocycles. The lowest BCUT2D eigenvalue weighted by Crippen LogP contribution is -2.32. The Labute approximate surface area is 219 Å². The number of hydrogen-bond donors (Lipinski definition) is 3. The van der Waals surface area contributed by atoms with Crippen molar-refractivity contribution in [1.82, 2.24) is 5.32 Å². The second-order valence-corrected chi connectivity index (χ2v) is 9.53. The molecule has 36 heavy (non-hydrogen) atoms. The van der Waals surface area contributed by atoms with Gasteiger partial charge in [0.2, 0.25) is 0 Å². The van der Waals surface area contributed by atoms with Gasteiger partial charge in [0.1, 0.15) is 11.3 Å². The van der Waals surface area contributed by atoms with Crippen LogP contribution in [0.15, 0.2) is 72.8 Å². The van der Waals surface area contributed by atoms with Crippen LogP contribution in [0.25, 0.3) is 11.1 Å². The third-order valence-corrected chi connectivity index (χ3v) is 6.73. The number of benzene rings is 3. The van der Waals surface area contributed by atoms with Crippen molar-refractivity contribution in [2.45, 2.75) is 63.7 Å². The number of carbonyl (C=O) groups is 1. The van der Waals surface area contributed by atoms with E-state index in [1.54, 1.807) is 6.07 Å². The summed E-state index contributed by atoms with van der Waals surface area (Å²) in [7, 11) is 0. The third kappa shape index (κ3) is 7.57. The number of aliphatic hydroxyl groups is 1. The summed E-state index contributed by atoms with van der Waals surface area (Å²) in [4.78, 5) is 11.7. The molecule has 0 unspecified atom stereocenters. The molecule has 0 saturated heterocycles. The minimum Gasteiger partial charge on any atom is -0.490 e. The first-order valence-electron chi connectivity index (χ1n) is 12.6. The Hall–Kier alpha value is -2.86. The van der Waals surface area contributed by atoms with Gasteiger partial charge < -0.3 is 20.3 Å². The maximum Gasteiger partial charge on any atom is 0.339 e. The number of aliphatic hydroxyl groups excluding tert-OH is 1. The Morgan fingerprint density at radius 1 is 0.972 bits per heavy atom. The Morgan fingerprint density at radius 2 is 1.64 bits per heavy atom. The summed E-state index contributed by atoms with van der Waals surface area (Å²) in [6.45, 7) is 2.62. The highest BCUT2D eigenvalue weighted by atomic mass is 35.5. The number of carboxylic acid groups (broad SMARTS) is 1.